The first kappa shape index (κ1) is 17.0. The third-order valence-electron chi connectivity index (χ3n) is 4.72. The Morgan fingerprint density at radius 1 is 1.08 bits per heavy atom. The molecule has 3 aromatic rings. The number of thiophene rings is 1. The lowest BCUT2D eigenvalue weighted by Crippen LogP contribution is -2.47. The second-order valence-electron chi connectivity index (χ2n) is 6.84. The minimum atomic E-state index is -0.0566. The predicted molar refractivity (Wildman–Crippen MR) is 105 cm³/mol. The van der Waals surface area contributed by atoms with E-state index in [2.05, 4.69) is 37.2 Å². The van der Waals surface area contributed by atoms with Gasteiger partial charge in [0.1, 0.15) is 18.0 Å². The fourth-order valence-corrected chi connectivity index (χ4v) is 4.30. The molecule has 0 radical (unpaired) electrons. The number of aryl methyl sites for hydroxylation is 1. The number of piperazine rings is 1. The summed E-state index contributed by atoms with van der Waals surface area (Å²) in [6, 6.07) is 3.49. The van der Waals surface area contributed by atoms with Crippen LogP contribution in [0.25, 0.3) is 10.2 Å². The topological polar surface area (TPSA) is 67.2 Å². The number of hydrogen-bond acceptors (Lipinski definition) is 7. The van der Waals surface area contributed by atoms with E-state index in [1.807, 2.05) is 19.9 Å². The highest BCUT2D eigenvalue weighted by Crippen LogP contribution is 2.31. The van der Waals surface area contributed by atoms with Crippen molar-refractivity contribution < 1.29 is 0 Å². The van der Waals surface area contributed by atoms with Gasteiger partial charge in [-0.15, -0.1) is 11.3 Å². The Hall–Kier alpha value is -2.48. The van der Waals surface area contributed by atoms with Gasteiger partial charge < -0.3 is 9.80 Å². The summed E-state index contributed by atoms with van der Waals surface area (Å²) in [4.78, 5) is 25.4. The zero-order valence-corrected chi connectivity index (χ0v) is 16.0. The van der Waals surface area contributed by atoms with Gasteiger partial charge in [-0.25, -0.2) is 14.6 Å². The van der Waals surface area contributed by atoms with Crippen molar-refractivity contribution in [2.45, 2.75) is 26.8 Å². The van der Waals surface area contributed by atoms with Crippen molar-refractivity contribution in [2.24, 2.45) is 0 Å². The molecule has 0 aliphatic carbocycles. The summed E-state index contributed by atoms with van der Waals surface area (Å²) >= 11 is 1.71. The van der Waals surface area contributed by atoms with E-state index in [0.29, 0.717) is 0 Å². The van der Waals surface area contributed by atoms with Gasteiger partial charge in [0.05, 0.1) is 16.3 Å². The van der Waals surface area contributed by atoms with Gasteiger partial charge in [-0.3, -0.25) is 4.79 Å². The SMILES string of the molecule is Cc1csc2c(N3CCN(c4ccc(=O)n(C(C)C)n4)CC3)ncnc12. The molecular weight excluding hydrogens is 348 g/mol. The maximum atomic E-state index is 11.9. The lowest BCUT2D eigenvalue weighted by Gasteiger charge is -2.36. The Bertz CT molecular complexity index is 987. The zero-order valence-electron chi connectivity index (χ0n) is 15.2. The van der Waals surface area contributed by atoms with Gasteiger partial charge in [0.25, 0.3) is 5.56 Å². The van der Waals surface area contributed by atoms with Crippen LogP contribution in [0.5, 0.6) is 0 Å². The molecule has 0 atom stereocenters. The number of anilines is 2. The molecule has 8 heteroatoms. The molecule has 0 bridgehead atoms. The van der Waals surface area contributed by atoms with Gasteiger partial charge in [0.2, 0.25) is 0 Å². The van der Waals surface area contributed by atoms with Crippen LogP contribution < -0.4 is 15.4 Å². The van der Waals surface area contributed by atoms with Crippen molar-refractivity contribution in [3.63, 3.8) is 0 Å². The number of hydrogen-bond donors (Lipinski definition) is 0. The summed E-state index contributed by atoms with van der Waals surface area (Å²) < 4.78 is 2.70. The van der Waals surface area contributed by atoms with Crippen LogP contribution >= 0.6 is 11.3 Å². The molecule has 0 unspecified atom stereocenters. The molecule has 0 amide bonds. The van der Waals surface area contributed by atoms with Crippen LogP contribution in [0.4, 0.5) is 11.6 Å². The monoisotopic (exact) mass is 370 g/mol. The molecular formula is C18H22N6OS. The first-order valence-corrected chi connectivity index (χ1v) is 9.71. The average Bonchev–Trinajstić information content (AvgIpc) is 3.03. The normalized spacial score (nSPS) is 15.2. The van der Waals surface area contributed by atoms with Gasteiger partial charge in [0, 0.05) is 32.2 Å². The highest BCUT2D eigenvalue weighted by molar-refractivity contribution is 7.18. The van der Waals surface area contributed by atoms with Crippen LogP contribution in [0.3, 0.4) is 0 Å². The summed E-state index contributed by atoms with van der Waals surface area (Å²) in [6.45, 7) is 9.46. The fourth-order valence-electron chi connectivity index (χ4n) is 3.28. The van der Waals surface area contributed by atoms with Crippen molar-refractivity contribution in [3.05, 3.63) is 39.8 Å². The molecule has 136 valence electrons. The van der Waals surface area contributed by atoms with Crippen LogP contribution in [0.1, 0.15) is 25.5 Å². The molecule has 0 spiro atoms. The predicted octanol–water partition coefficient (Wildman–Crippen LogP) is 2.46. The van der Waals surface area contributed by atoms with E-state index in [0.717, 1.165) is 48.0 Å². The smallest absolute Gasteiger partial charge is 0.267 e. The summed E-state index contributed by atoms with van der Waals surface area (Å²) in [6.07, 6.45) is 1.66. The summed E-state index contributed by atoms with van der Waals surface area (Å²) in [5, 5.41) is 6.67. The maximum absolute atomic E-state index is 11.9. The van der Waals surface area contributed by atoms with Crippen LogP contribution in [0.2, 0.25) is 0 Å². The van der Waals surface area contributed by atoms with E-state index >= 15 is 0 Å². The van der Waals surface area contributed by atoms with Crippen molar-refractivity contribution >= 4 is 33.2 Å². The highest BCUT2D eigenvalue weighted by Gasteiger charge is 2.22. The van der Waals surface area contributed by atoms with Gasteiger partial charge in [-0.2, -0.15) is 5.10 Å². The van der Waals surface area contributed by atoms with Crippen molar-refractivity contribution in [2.75, 3.05) is 36.0 Å². The Morgan fingerprint density at radius 3 is 2.54 bits per heavy atom. The Kier molecular flexibility index (Phi) is 4.36. The molecule has 0 N–H and O–H groups in total. The van der Waals surface area contributed by atoms with Crippen LogP contribution in [0.15, 0.2) is 28.6 Å². The second-order valence-corrected chi connectivity index (χ2v) is 7.72. The zero-order chi connectivity index (χ0) is 18.3. The quantitative estimate of drug-likeness (QED) is 0.706. The molecule has 26 heavy (non-hydrogen) atoms. The van der Waals surface area contributed by atoms with E-state index in [9.17, 15) is 4.79 Å². The largest absolute Gasteiger partial charge is 0.352 e. The van der Waals surface area contributed by atoms with E-state index in [1.165, 1.54) is 5.56 Å². The lowest BCUT2D eigenvalue weighted by atomic mass is 10.2. The van der Waals surface area contributed by atoms with Gasteiger partial charge in [-0.05, 0) is 37.8 Å². The minimum absolute atomic E-state index is 0.0557. The standard InChI is InChI=1S/C18H22N6OS/c1-12(2)24-15(25)5-4-14(21-24)22-6-8-23(9-7-22)18-17-16(19-11-20-18)13(3)10-26-17/h4-5,10-12H,6-9H2,1-3H3. The van der Waals surface area contributed by atoms with Gasteiger partial charge in [-0.1, -0.05) is 0 Å². The van der Waals surface area contributed by atoms with E-state index in [4.69, 9.17) is 0 Å². The second kappa shape index (κ2) is 6.68. The number of aromatic nitrogens is 4. The summed E-state index contributed by atoms with van der Waals surface area (Å²) in [5.41, 5.74) is 2.19. The van der Waals surface area contributed by atoms with E-state index < -0.39 is 0 Å². The molecule has 1 aliphatic heterocycles. The Morgan fingerprint density at radius 2 is 1.81 bits per heavy atom. The molecule has 4 heterocycles. The van der Waals surface area contributed by atoms with Crippen molar-refractivity contribution in [1.82, 2.24) is 19.7 Å². The first-order chi connectivity index (χ1) is 12.5. The molecule has 4 rings (SSSR count). The summed E-state index contributed by atoms with van der Waals surface area (Å²) in [5.74, 6) is 1.88. The number of nitrogens with zero attached hydrogens (tertiary/aromatic N) is 6. The molecule has 7 nitrogen and oxygen atoms in total. The minimum Gasteiger partial charge on any atom is -0.352 e. The molecule has 1 fully saturated rings. The maximum Gasteiger partial charge on any atom is 0.267 e. The highest BCUT2D eigenvalue weighted by atomic mass is 32.1. The van der Waals surface area contributed by atoms with E-state index in [-0.39, 0.29) is 11.6 Å². The molecule has 1 aliphatic rings. The molecule has 0 aromatic carbocycles. The summed E-state index contributed by atoms with van der Waals surface area (Å²) in [7, 11) is 0. The molecule has 1 saturated heterocycles. The number of rotatable bonds is 3. The lowest BCUT2D eigenvalue weighted by molar-refractivity contribution is 0.497. The van der Waals surface area contributed by atoms with E-state index in [1.54, 1.807) is 28.4 Å². The third-order valence-corrected chi connectivity index (χ3v) is 5.80. The van der Waals surface area contributed by atoms with Crippen molar-refractivity contribution in [1.29, 1.82) is 0 Å². The average molecular weight is 370 g/mol. The Balaban J connectivity index is 1.54. The van der Waals surface area contributed by atoms with Crippen molar-refractivity contribution in [3.8, 4) is 0 Å². The molecule has 3 aromatic heterocycles. The fraction of sp³-hybridized carbons (Fsp3) is 0.444. The first-order valence-electron chi connectivity index (χ1n) is 8.83. The third kappa shape index (κ3) is 2.94. The molecule has 0 saturated carbocycles. The van der Waals surface area contributed by atoms with Crippen LogP contribution in [-0.2, 0) is 0 Å². The Labute approximate surface area is 155 Å². The van der Waals surface area contributed by atoms with Gasteiger partial charge in [0.15, 0.2) is 0 Å². The van der Waals surface area contributed by atoms with Crippen LogP contribution in [0, 0.1) is 6.92 Å². The number of fused-ring (bicyclic) bond motifs is 1. The van der Waals surface area contributed by atoms with Crippen LogP contribution in [-0.4, -0.2) is 45.9 Å². The van der Waals surface area contributed by atoms with Gasteiger partial charge >= 0.3 is 0 Å².